The van der Waals surface area contributed by atoms with Crippen molar-refractivity contribution >= 4 is 12.9 Å². The molecular weight excluding hydrogens is 465 g/mol. The molecule has 2 saturated carbocycles. The molecule has 6 unspecified atom stereocenters. The van der Waals surface area contributed by atoms with Crippen LogP contribution in [-0.2, 0) is 0 Å². The number of allylic oxidation sites excluding steroid dienone is 3. The van der Waals surface area contributed by atoms with E-state index in [1.54, 1.807) is 11.1 Å². The summed E-state index contributed by atoms with van der Waals surface area (Å²) in [6, 6.07) is 10.1. The van der Waals surface area contributed by atoms with Crippen molar-refractivity contribution in [3.8, 4) is 0 Å². The first-order valence-corrected chi connectivity index (χ1v) is 18.4. The van der Waals surface area contributed by atoms with Gasteiger partial charge in [0.25, 0.3) is 0 Å². The number of anilines is 1. The van der Waals surface area contributed by atoms with E-state index >= 15 is 0 Å². The third kappa shape index (κ3) is 4.20. The molecule has 2 heteroatoms. The first kappa shape index (κ1) is 27.5. The number of benzene rings is 1. The molecule has 2 aliphatic heterocycles. The average Bonchev–Trinajstić information content (AvgIpc) is 3.48. The Labute approximate surface area is 229 Å². The van der Waals surface area contributed by atoms with Crippen LogP contribution in [0.1, 0.15) is 104 Å². The van der Waals surface area contributed by atoms with E-state index in [2.05, 4.69) is 96.1 Å². The first-order valence-electron chi connectivity index (χ1n) is 15.7. The predicted octanol–water partition coefficient (Wildman–Crippen LogP) is 9.68. The van der Waals surface area contributed by atoms with Crippen LogP contribution in [0.4, 0.5) is 5.69 Å². The van der Waals surface area contributed by atoms with Gasteiger partial charge in [0, 0.05) is 0 Å². The Morgan fingerprint density at radius 3 is 2.35 bits per heavy atom. The van der Waals surface area contributed by atoms with Gasteiger partial charge in [-0.1, -0.05) is 0 Å². The van der Waals surface area contributed by atoms with Crippen LogP contribution in [0, 0.1) is 23.2 Å². The van der Waals surface area contributed by atoms with Gasteiger partial charge in [-0.05, 0) is 0 Å². The molecule has 0 N–H and O–H groups in total. The zero-order chi connectivity index (χ0) is 26.6. The van der Waals surface area contributed by atoms with Crippen LogP contribution >= 0.6 is 7.26 Å². The van der Waals surface area contributed by atoms with Crippen molar-refractivity contribution in [2.75, 3.05) is 30.8 Å². The minimum atomic E-state index is -1.49. The van der Waals surface area contributed by atoms with E-state index in [1.165, 1.54) is 76.3 Å². The molecule has 1 nitrogen and oxygen atoms in total. The van der Waals surface area contributed by atoms with E-state index in [-0.39, 0.29) is 5.41 Å². The quantitative estimate of drug-likeness (QED) is 0.349. The van der Waals surface area contributed by atoms with E-state index in [0.29, 0.717) is 16.2 Å². The van der Waals surface area contributed by atoms with Crippen LogP contribution < -0.4 is 4.90 Å². The second-order valence-electron chi connectivity index (χ2n) is 15.1. The number of rotatable bonds is 5. The summed E-state index contributed by atoms with van der Waals surface area (Å²) in [4.78, 5) is 2.60. The molecule has 0 aromatic heterocycles. The van der Waals surface area contributed by atoms with Crippen LogP contribution in [0.5, 0.6) is 0 Å². The van der Waals surface area contributed by atoms with Gasteiger partial charge in [-0.15, -0.1) is 0 Å². The summed E-state index contributed by atoms with van der Waals surface area (Å²) >= 11 is 0. The van der Waals surface area contributed by atoms with Gasteiger partial charge in [0.1, 0.15) is 0 Å². The topological polar surface area (TPSA) is 3.24 Å². The van der Waals surface area contributed by atoms with Crippen LogP contribution in [0.15, 0.2) is 48.6 Å². The Kier molecular flexibility index (Phi) is 7.31. The first-order chi connectivity index (χ1) is 17.5. The maximum atomic E-state index is 4.14. The molecule has 1 aromatic rings. The van der Waals surface area contributed by atoms with Gasteiger partial charge in [0.15, 0.2) is 0 Å². The molecular formula is C35H56NP. The van der Waals surface area contributed by atoms with Gasteiger partial charge in [0.05, 0.1) is 0 Å². The normalized spacial score (nSPS) is 39.3. The third-order valence-electron chi connectivity index (χ3n) is 12.8. The standard InChI is InChI=1S/C35H56NP/c1-9-13-27-16-19-29-31-20-24-37(8,33(3,4)5)35(31,7)25-30(32(29)34(27,6)21-10-2)26-14-17-28(18-15-26)36-22-11-12-23-36/h9,13-15,17-18,29-32,37H,1,10-12,16,19-25H2,2-8H3/b27-13-. The second-order valence-corrected chi connectivity index (χ2v) is 20.9. The Hall–Kier alpha value is -1.07. The van der Waals surface area contributed by atoms with Crippen molar-refractivity contribution in [2.24, 2.45) is 23.2 Å². The van der Waals surface area contributed by atoms with E-state index in [4.69, 9.17) is 0 Å². The van der Waals surface area contributed by atoms with Gasteiger partial charge in [-0.2, -0.15) is 0 Å². The van der Waals surface area contributed by atoms with Crippen molar-refractivity contribution in [2.45, 2.75) is 109 Å². The maximum absolute atomic E-state index is 4.14. The Morgan fingerprint density at radius 1 is 1.08 bits per heavy atom. The molecule has 4 aliphatic rings. The fourth-order valence-electron chi connectivity index (χ4n) is 10.5. The SMILES string of the molecule is C=C/C=C1/CCC2C(C(c3ccc(N4CCCC4)cc3)CC3(C)C2CC[PH]3(C)C(C)(C)C)C1(C)CCC. The van der Waals surface area contributed by atoms with E-state index in [0.717, 1.165) is 17.8 Å². The summed E-state index contributed by atoms with van der Waals surface area (Å²) in [5.74, 6) is 3.18. The van der Waals surface area contributed by atoms with Gasteiger partial charge in [-0.3, -0.25) is 0 Å². The van der Waals surface area contributed by atoms with Gasteiger partial charge in [0.2, 0.25) is 0 Å². The molecule has 0 amide bonds. The van der Waals surface area contributed by atoms with Crippen molar-refractivity contribution in [1.29, 1.82) is 0 Å². The molecule has 1 aromatic carbocycles. The third-order valence-corrected chi connectivity index (χ3v) is 20.5. The summed E-state index contributed by atoms with van der Waals surface area (Å²) in [5, 5.41) is 0.986. The monoisotopic (exact) mass is 521 g/mol. The van der Waals surface area contributed by atoms with Crippen LogP contribution in [0.25, 0.3) is 0 Å². The average molecular weight is 522 g/mol. The van der Waals surface area contributed by atoms with E-state index < -0.39 is 7.26 Å². The molecule has 0 radical (unpaired) electrons. The number of hydrogen-bond donors (Lipinski definition) is 0. The fraction of sp³-hybridized carbons (Fsp3) is 0.714. The summed E-state index contributed by atoms with van der Waals surface area (Å²) in [6.07, 6.45) is 16.9. The fourth-order valence-corrected chi connectivity index (χ4v) is 16.3. The van der Waals surface area contributed by atoms with Crippen LogP contribution in [0.3, 0.4) is 0 Å². The molecule has 2 heterocycles. The molecule has 2 aliphatic carbocycles. The molecule has 4 fully saturated rings. The van der Waals surface area contributed by atoms with E-state index in [1.807, 2.05) is 0 Å². The molecule has 37 heavy (non-hydrogen) atoms. The van der Waals surface area contributed by atoms with Gasteiger partial charge in [-0.25, -0.2) is 0 Å². The van der Waals surface area contributed by atoms with Crippen molar-refractivity contribution < 1.29 is 0 Å². The predicted molar refractivity (Wildman–Crippen MR) is 168 cm³/mol. The van der Waals surface area contributed by atoms with Gasteiger partial charge >= 0.3 is 230 Å². The van der Waals surface area contributed by atoms with Crippen LogP contribution in [0.2, 0.25) is 0 Å². The second kappa shape index (κ2) is 9.84. The number of hydrogen-bond acceptors (Lipinski definition) is 1. The Bertz CT molecular complexity index is 1010. The summed E-state index contributed by atoms with van der Waals surface area (Å²) in [5.41, 5.74) is 5.06. The Balaban J connectivity index is 1.62. The van der Waals surface area contributed by atoms with Crippen molar-refractivity contribution in [3.63, 3.8) is 0 Å². The molecule has 206 valence electrons. The molecule has 6 atom stereocenters. The van der Waals surface area contributed by atoms with E-state index in [9.17, 15) is 0 Å². The van der Waals surface area contributed by atoms with Crippen LogP contribution in [-0.4, -0.2) is 36.2 Å². The number of fused-ring (bicyclic) bond motifs is 3. The zero-order valence-electron chi connectivity index (χ0n) is 25.2. The van der Waals surface area contributed by atoms with Crippen molar-refractivity contribution in [3.05, 3.63) is 54.1 Å². The summed E-state index contributed by atoms with van der Waals surface area (Å²) in [7, 11) is -1.49. The van der Waals surface area contributed by atoms with Gasteiger partial charge < -0.3 is 0 Å². The molecule has 2 saturated heterocycles. The minimum absolute atomic E-state index is 0.285. The molecule has 0 bridgehead atoms. The number of nitrogens with zero attached hydrogens (tertiary/aromatic N) is 1. The molecule has 5 rings (SSSR count). The summed E-state index contributed by atoms with van der Waals surface area (Å²) in [6.45, 7) is 25.0. The van der Waals surface area contributed by atoms with Crippen molar-refractivity contribution in [1.82, 2.24) is 0 Å². The summed E-state index contributed by atoms with van der Waals surface area (Å²) < 4.78 is 0. The zero-order valence-corrected chi connectivity index (χ0v) is 26.2. The molecule has 0 spiro atoms. The Morgan fingerprint density at radius 2 is 1.76 bits per heavy atom.